The second kappa shape index (κ2) is 5.09. The van der Waals surface area contributed by atoms with Crippen molar-refractivity contribution in [3.05, 3.63) is 0 Å². The highest BCUT2D eigenvalue weighted by molar-refractivity contribution is 5.67. The molecule has 1 heterocycles. The SMILES string of the molecule is CC(=O)OC1C(O)COC[C@@H]1OC(C)=O. The van der Waals surface area contributed by atoms with Crippen LogP contribution in [0.3, 0.4) is 0 Å². The van der Waals surface area contributed by atoms with Gasteiger partial charge in [-0.05, 0) is 0 Å². The highest BCUT2D eigenvalue weighted by Crippen LogP contribution is 2.16. The van der Waals surface area contributed by atoms with Gasteiger partial charge in [0.15, 0.2) is 12.2 Å². The number of hydrogen-bond donors (Lipinski definition) is 1. The van der Waals surface area contributed by atoms with Gasteiger partial charge in [-0.15, -0.1) is 0 Å². The van der Waals surface area contributed by atoms with Gasteiger partial charge in [0.2, 0.25) is 0 Å². The van der Waals surface area contributed by atoms with Crippen LogP contribution in [-0.2, 0) is 23.8 Å². The molecule has 3 atom stereocenters. The molecule has 86 valence electrons. The fourth-order valence-corrected chi connectivity index (χ4v) is 1.40. The molecule has 0 aromatic carbocycles. The summed E-state index contributed by atoms with van der Waals surface area (Å²) >= 11 is 0. The molecular formula is C9H14O6. The van der Waals surface area contributed by atoms with Crippen molar-refractivity contribution in [2.75, 3.05) is 13.2 Å². The summed E-state index contributed by atoms with van der Waals surface area (Å²) in [6.07, 6.45) is -2.55. The van der Waals surface area contributed by atoms with E-state index in [4.69, 9.17) is 14.2 Å². The second-order valence-electron chi connectivity index (χ2n) is 3.33. The minimum Gasteiger partial charge on any atom is -0.456 e. The maximum absolute atomic E-state index is 10.8. The van der Waals surface area contributed by atoms with Gasteiger partial charge in [-0.1, -0.05) is 0 Å². The normalized spacial score (nSPS) is 30.7. The van der Waals surface area contributed by atoms with Gasteiger partial charge in [0.25, 0.3) is 0 Å². The predicted octanol–water partition coefficient (Wildman–Crippen LogP) is -0.759. The molecule has 1 rings (SSSR count). The van der Waals surface area contributed by atoms with Crippen LogP contribution in [0.2, 0.25) is 0 Å². The summed E-state index contributed by atoms with van der Waals surface area (Å²) in [6.45, 7) is 2.66. The zero-order valence-corrected chi connectivity index (χ0v) is 8.63. The maximum Gasteiger partial charge on any atom is 0.303 e. The summed E-state index contributed by atoms with van der Waals surface area (Å²) in [5, 5.41) is 9.51. The highest BCUT2D eigenvalue weighted by Gasteiger charge is 2.37. The van der Waals surface area contributed by atoms with E-state index in [9.17, 15) is 14.7 Å². The number of hydrogen-bond acceptors (Lipinski definition) is 6. The molecule has 1 aliphatic heterocycles. The van der Waals surface area contributed by atoms with Gasteiger partial charge >= 0.3 is 11.9 Å². The summed E-state index contributed by atoms with van der Waals surface area (Å²) in [7, 11) is 0. The summed E-state index contributed by atoms with van der Waals surface area (Å²) in [5.41, 5.74) is 0. The van der Waals surface area contributed by atoms with E-state index in [2.05, 4.69) is 0 Å². The van der Waals surface area contributed by atoms with Crippen molar-refractivity contribution in [3.63, 3.8) is 0 Å². The molecule has 0 bridgehead atoms. The largest absolute Gasteiger partial charge is 0.456 e. The topological polar surface area (TPSA) is 82.1 Å². The van der Waals surface area contributed by atoms with E-state index in [0.29, 0.717) is 0 Å². The van der Waals surface area contributed by atoms with Crippen molar-refractivity contribution in [1.82, 2.24) is 0 Å². The number of esters is 2. The standard InChI is InChI=1S/C9H14O6/c1-5(10)14-8-4-13-3-7(12)9(8)15-6(2)11/h7-9,12H,3-4H2,1-2H3/t7?,8-,9?/m0/s1. The van der Waals surface area contributed by atoms with Gasteiger partial charge in [0.1, 0.15) is 6.10 Å². The van der Waals surface area contributed by atoms with E-state index in [1.165, 1.54) is 13.8 Å². The Hall–Kier alpha value is -1.14. The second-order valence-corrected chi connectivity index (χ2v) is 3.33. The summed E-state index contributed by atoms with van der Waals surface area (Å²) < 4.78 is 14.7. The quantitative estimate of drug-likeness (QED) is 0.613. The molecule has 6 heteroatoms. The number of rotatable bonds is 2. The Morgan fingerprint density at radius 2 is 1.80 bits per heavy atom. The zero-order valence-electron chi connectivity index (χ0n) is 8.63. The van der Waals surface area contributed by atoms with Crippen LogP contribution in [0.4, 0.5) is 0 Å². The molecule has 1 N–H and O–H groups in total. The van der Waals surface area contributed by atoms with E-state index in [1.807, 2.05) is 0 Å². The van der Waals surface area contributed by atoms with Crippen LogP contribution in [0.25, 0.3) is 0 Å². The predicted molar refractivity (Wildman–Crippen MR) is 47.9 cm³/mol. The maximum atomic E-state index is 10.8. The molecule has 0 aliphatic carbocycles. The zero-order chi connectivity index (χ0) is 11.4. The molecule has 6 nitrogen and oxygen atoms in total. The van der Waals surface area contributed by atoms with Crippen molar-refractivity contribution in [3.8, 4) is 0 Å². The first-order chi connectivity index (χ1) is 7.00. The lowest BCUT2D eigenvalue weighted by atomic mass is 10.1. The first-order valence-corrected chi connectivity index (χ1v) is 4.61. The monoisotopic (exact) mass is 218 g/mol. The molecule has 0 spiro atoms. The molecule has 1 aliphatic rings. The molecular weight excluding hydrogens is 204 g/mol. The Morgan fingerprint density at radius 3 is 2.33 bits per heavy atom. The van der Waals surface area contributed by atoms with Crippen molar-refractivity contribution >= 4 is 11.9 Å². The molecule has 0 saturated carbocycles. The lowest BCUT2D eigenvalue weighted by molar-refractivity contribution is -0.199. The Bertz CT molecular complexity index is 251. The van der Waals surface area contributed by atoms with E-state index in [-0.39, 0.29) is 13.2 Å². The van der Waals surface area contributed by atoms with E-state index >= 15 is 0 Å². The molecule has 0 radical (unpaired) electrons. The van der Waals surface area contributed by atoms with Crippen molar-refractivity contribution in [1.29, 1.82) is 0 Å². The van der Waals surface area contributed by atoms with E-state index < -0.39 is 30.3 Å². The molecule has 0 aromatic rings. The third-order valence-corrected chi connectivity index (χ3v) is 1.94. The van der Waals surface area contributed by atoms with E-state index in [1.54, 1.807) is 0 Å². The number of carbonyl (C=O) groups excluding carboxylic acids is 2. The van der Waals surface area contributed by atoms with Gasteiger partial charge in [0, 0.05) is 13.8 Å². The molecule has 0 amide bonds. The van der Waals surface area contributed by atoms with Gasteiger partial charge in [0.05, 0.1) is 13.2 Å². The number of aliphatic hydroxyl groups is 1. The Labute approximate surface area is 87.1 Å². The van der Waals surface area contributed by atoms with Crippen LogP contribution in [0.15, 0.2) is 0 Å². The Kier molecular flexibility index (Phi) is 4.05. The van der Waals surface area contributed by atoms with Crippen molar-refractivity contribution in [2.24, 2.45) is 0 Å². The van der Waals surface area contributed by atoms with Crippen molar-refractivity contribution < 1.29 is 28.9 Å². The lowest BCUT2D eigenvalue weighted by Crippen LogP contribution is -2.51. The van der Waals surface area contributed by atoms with Crippen LogP contribution in [0, 0.1) is 0 Å². The van der Waals surface area contributed by atoms with Gasteiger partial charge < -0.3 is 19.3 Å². The van der Waals surface area contributed by atoms with Gasteiger partial charge in [-0.2, -0.15) is 0 Å². The number of aliphatic hydroxyl groups excluding tert-OH is 1. The van der Waals surface area contributed by atoms with Crippen LogP contribution in [0.1, 0.15) is 13.8 Å². The average molecular weight is 218 g/mol. The molecule has 1 fully saturated rings. The average Bonchev–Trinajstić information content (AvgIpc) is 2.09. The lowest BCUT2D eigenvalue weighted by Gasteiger charge is -2.33. The number of ether oxygens (including phenoxy) is 3. The molecule has 2 unspecified atom stereocenters. The third-order valence-electron chi connectivity index (χ3n) is 1.94. The number of carbonyl (C=O) groups is 2. The minimum atomic E-state index is -0.966. The van der Waals surface area contributed by atoms with Crippen LogP contribution < -0.4 is 0 Å². The fraction of sp³-hybridized carbons (Fsp3) is 0.778. The minimum absolute atomic E-state index is 0.0652. The first kappa shape index (κ1) is 11.9. The van der Waals surface area contributed by atoms with Crippen LogP contribution >= 0.6 is 0 Å². The van der Waals surface area contributed by atoms with Crippen LogP contribution in [0.5, 0.6) is 0 Å². The first-order valence-electron chi connectivity index (χ1n) is 4.61. The highest BCUT2D eigenvalue weighted by atomic mass is 16.6. The fourth-order valence-electron chi connectivity index (χ4n) is 1.40. The molecule has 0 aromatic heterocycles. The third kappa shape index (κ3) is 3.49. The smallest absolute Gasteiger partial charge is 0.303 e. The summed E-state index contributed by atoms with van der Waals surface area (Å²) in [4.78, 5) is 21.5. The Balaban J connectivity index is 2.63. The van der Waals surface area contributed by atoms with Gasteiger partial charge in [-0.3, -0.25) is 9.59 Å². The Morgan fingerprint density at radius 1 is 1.20 bits per heavy atom. The van der Waals surface area contributed by atoms with Gasteiger partial charge in [-0.25, -0.2) is 0 Å². The molecule has 15 heavy (non-hydrogen) atoms. The van der Waals surface area contributed by atoms with E-state index in [0.717, 1.165) is 0 Å². The van der Waals surface area contributed by atoms with Crippen LogP contribution in [-0.4, -0.2) is 48.6 Å². The van der Waals surface area contributed by atoms with Crippen molar-refractivity contribution in [2.45, 2.75) is 32.2 Å². The molecule has 1 saturated heterocycles. The summed E-state index contributed by atoms with van der Waals surface area (Å²) in [5.74, 6) is -1.03. The summed E-state index contributed by atoms with van der Waals surface area (Å²) in [6, 6.07) is 0.